The van der Waals surface area contributed by atoms with Crippen molar-refractivity contribution in [1.82, 2.24) is 0 Å². The van der Waals surface area contributed by atoms with Crippen LogP contribution in [-0.4, -0.2) is 0 Å². The van der Waals surface area contributed by atoms with Gasteiger partial charge in [-0.15, -0.1) is 22.7 Å². The Morgan fingerprint density at radius 2 is 2.17 bits per heavy atom. The van der Waals surface area contributed by atoms with Crippen LogP contribution in [-0.2, 0) is 6.42 Å². The summed E-state index contributed by atoms with van der Waals surface area (Å²) in [7, 11) is 0. The fourth-order valence-corrected chi connectivity index (χ4v) is 4.41. The first-order chi connectivity index (χ1) is 5.84. The average molecular weight is 257 g/mol. The number of hydrogen-bond acceptors (Lipinski definition) is 2. The van der Waals surface area contributed by atoms with E-state index in [4.69, 9.17) is 0 Å². The highest BCUT2D eigenvalue weighted by atomic mass is 79.9. The zero-order valence-electron chi connectivity index (χ0n) is 6.13. The number of thiophene rings is 2. The second kappa shape index (κ2) is 2.44. The molecule has 0 fully saturated rings. The molecule has 0 unspecified atom stereocenters. The summed E-state index contributed by atoms with van der Waals surface area (Å²) in [5, 5.41) is 2.18. The monoisotopic (exact) mass is 256 g/mol. The lowest BCUT2D eigenvalue weighted by Crippen LogP contribution is -1.73. The summed E-state index contributed by atoms with van der Waals surface area (Å²) >= 11 is 7.23. The molecule has 3 rings (SSSR count). The molecule has 0 aliphatic heterocycles. The minimum atomic E-state index is 1.14. The summed E-state index contributed by atoms with van der Waals surface area (Å²) in [4.78, 5) is 2.97. The largest absolute Gasteiger partial charge is 0.143 e. The molecule has 0 radical (unpaired) electrons. The zero-order valence-corrected chi connectivity index (χ0v) is 9.35. The van der Waals surface area contributed by atoms with Crippen molar-refractivity contribution in [3.05, 3.63) is 32.4 Å². The summed E-state index contributed by atoms with van der Waals surface area (Å²) in [5.74, 6) is 0. The van der Waals surface area contributed by atoms with Crippen LogP contribution in [0.3, 0.4) is 0 Å². The van der Waals surface area contributed by atoms with Gasteiger partial charge in [0.25, 0.3) is 0 Å². The van der Waals surface area contributed by atoms with Gasteiger partial charge in [-0.2, -0.15) is 0 Å². The molecule has 1 aliphatic rings. The predicted molar refractivity (Wildman–Crippen MR) is 58.1 cm³/mol. The van der Waals surface area contributed by atoms with E-state index in [1.54, 1.807) is 0 Å². The molecule has 0 aromatic carbocycles. The molecule has 0 atom stereocenters. The third-order valence-electron chi connectivity index (χ3n) is 2.11. The molecule has 2 aromatic rings. The quantitative estimate of drug-likeness (QED) is 0.567. The lowest BCUT2D eigenvalue weighted by molar-refractivity contribution is 1.28. The van der Waals surface area contributed by atoms with Crippen LogP contribution < -0.4 is 0 Å². The molecule has 2 aromatic heterocycles. The van der Waals surface area contributed by atoms with Crippen molar-refractivity contribution in [2.45, 2.75) is 6.42 Å². The predicted octanol–water partition coefficient (Wildman–Crippen LogP) is 4.14. The molecule has 0 amide bonds. The lowest BCUT2D eigenvalue weighted by atomic mass is 10.2. The van der Waals surface area contributed by atoms with Crippen LogP contribution in [0.4, 0.5) is 0 Å². The maximum Gasteiger partial charge on any atom is 0.0708 e. The lowest BCUT2D eigenvalue weighted by Gasteiger charge is -1.85. The van der Waals surface area contributed by atoms with Gasteiger partial charge in [0.2, 0.25) is 0 Å². The van der Waals surface area contributed by atoms with Crippen molar-refractivity contribution < 1.29 is 0 Å². The van der Waals surface area contributed by atoms with Gasteiger partial charge in [0.05, 0.1) is 3.79 Å². The van der Waals surface area contributed by atoms with Gasteiger partial charge in [-0.3, -0.25) is 0 Å². The Labute approximate surface area is 87.0 Å². The normalized spacial score (nSPS) is 13.1. The van der Waals surface area contributed by atoms with E-state index < -0.39 is 0 Å². The van der Waals surface area contributed by atoms with Crippen molar-refractivity contribution in [3.8, 4) is 9.75 Å². The summed E-state index contributed by atoms with van der Waals surface area (Å²) in [6, 6.07) is 4.48. The summed E-state index contributed by atoms with van der Waals surface area (Å²) in [5.41, 5.74) is 3.00. The van der Waals surface area contributed by atoms with Crippen LogP contribution in [0.15, 0.2) is 21.3 Å². The highest BCUT2D eigenvalue weighted by Gasteiger charge is 2.21. The topological polar surface area (TPSA) is 0 Å². The molecule has 1 aliphatic carbocycles. The van der Waals surface area contributed by atoms with Gasteiger partial charge in [0.1, 0.15) is 0 Å². The maximum atomic E-state index is 3.52. The molecule has 0 spiro atoms. The van der Waals surface area contributed by atoms with Crippen LogP contribution in [0.5, 0.6) is 0 Å². The molecule has 60 valence electrons. The summed E-state index contributed by atoms with van der Waals surface area (Å²) in [6.45, 7) is 0. The Kier molecular flexibility index (Phi) is 1.48. The second-order valence-corrected chi connectivity index (χ2v) is 6.20. The average Bonchev–Trinajstić information content (AvgIpc) is 2.59. The van der Waals surface area contributed by atoms with Crippen LogP contribution in [0.1, 0.15) is 11.1 Å². The summed E-state index contributed by atoms with van der Waals surface area (Å²) in [6.07, 6.45) is 1.14. The highest BCUT2D eigenvalue weighted by Crippen LogP contribution is 2.46. The van der Waals surface area contributed by atoms with Gasteiger partial charge in [-0.1, -0.05) is 0 Å². The van der Waals surface area contributed by atoms with E-state index in [0.29, 0.717) is 0 Å². The van der Waals surface area contributed by atoms with Gasteiger partial charge in [0.15, 0.2) is 0 Å². The Hall–Kier alpha value is -0.120. The Morgan fingerprint density at radius 3 is 3.08 bits per heavy atom. The Morgan fingerprint density at radius 1 is 1.25 bits per heavy atom. The first kappa shape index (κ1) is 7.30. The first-order valence-electron chi connectivity index (χ1n) is 3.69. The molecule has 2 heterocycles. The third-order valence-corrected chi connectivity index (χ3v) is 4.91. The van der Waals surface area contributed by atoms with E-state index in [0.717, 1.165) is 6.42 Å². The van der Waals surface area contributed by atoms with Crippen molar-refractivity contribution in [2.24, 2.45) is 0 Å². The molecule has 12 heavy (non-hydrogen) atoms. The first-order valence-corrected chi connectivity index (χ1v) is 6.18. The SMILES string of the molecule is Brc1cc2c(s1)-c1sccc1C2. The van der Waals surface area contributed by atoms with Gasteiger partial charge >= 0.3 is 0 Å². The standard InChI is InChI=1S/C9H5BrS2/c10-7-4-6-3-5-1-2-11-8(5)9(6)12-7/h1-2,4H,3H2. The molecule has 0 saturated heterocycles. The van der Waals surface area contributed by atoms with Crippen molar-refractivity contribution in [2.75, 3.05) is 0 Å². The van der Waals surface area contributed by atoms with E-state index in [-0.39, 0.29) is 0 Å². The van der Waals surface area contributed by atoms with Crippen molar-refractivity contribution >= 4 is 38.6 Å². The Balaban J connectivity index is 2.32. The summed E-state index contributed by atoms with van der Waals surface area (Å²) < 4.78 is 1.26. The maximum absolute atomic E-state index is 3.52. The second-order valence-electron chi connectivity index (χ2n) is 2.86. The zero-order chi connectivity index (χ0) is 8.13. The van der Waals surface area contributed by atoms with Gasteiger partial charge in [-0.05, 0) is 44.6 Å². The van der Waals surface area contributed by atoms with Crippen LogP contribution in [0.25, 0.3) is 9.75 Å². The van der Waals surface area contributed by atoms with E-state index in [9.17, 15) is 0 Å². The molecular weight excluding hydrogens is 252 g/mol. The fourth-order valence-electron chi connectivity index (χ4n) is 1.60. The highest BCUT2D eigenvalue weighted by molar-refractivity contribution is 9.11. The number of rotatable bonds is 0. The van der Waals surface area contributed by atoms with E-state index >= 15 is 0 Å². The molecule has 0 N–H and O–H groups in total. The Bertz CT molecular complexity index is 439. The molecule has 0 bridgehead atoms. The molecule has 0 saturated carbocycles. The van der Waals surface area contributed by atoms with Crippen LogP contribution in [0, 0.1) is 0 Å². The van der Waals surface area contributed by atoms with Gasteiger partial charge < -0.3 is 0 Å². The number of fused-ring (bicyclic) bond motifs is 3. The van der Waals surface area contributed by atoms with Gasteiger partial charge in [0, 0.05) is 16.2 Å². The van der Waals surface area contributed by atoms with E-state index in [1.807, 2.05) is 22.7 Å². The fraction of sp³-hybridized carbons (Fsp3) is 0.111. The van der Waals surface area contributed by atoms with Crippen molar-refractivity contribution in [1.29, 1.82) is 0 Å². The molecule has 3 heteroatoms. The van der Waals surface area contributed by atoms with E-state index in [1.165, 1.54) is 24.7 Å². The third kappa shape index (κ3) is 0.873. The smallest absolute Gasteiger partial charge is 0.0708 e. The minimum Gasteiger partial charge on any atom is -0.143 e. The van der Waals surface area contributed by atoms with Crippen LogP contribution >= 0.6 is 38.6 Å². The van der Waals surface area contributed by atoms with Crippen molar-refractivity contribution in [3.63, 3.8) is 0 Å². The minimum absolute atomic E-state index is 1.14. The molecule has 0 nitrogen and oxygen atoms in total. The number of halogens is 1. The van der Waals surface area contributed by atoms with Gasteiger partial charge in [-0.25, -0.2) is 0 Å². The van der Waals surface area contributed by atoms with E-state index in [2.05, 4.69) is 33.4 Å². The molecular formula is C9H5BrS2. The number of hydrogen-bond donors (Lipinski definition) is 0. The van der Waals surface area contributed by atoms with Crippen LogP contribution in [0.2, 0.25) is 0 Å².